The first-order chi connectivity index (χ1) is 21.0. The summed E-state index contributed by atoms with van der Waals surface area (Å²) in [5.74, 6) is -0.226. The highest BCUT2D eigenvalue weighted by atomic mass is 32.2. The van der Waals surface area contributed by atoms with E-state index in [1.807, 2.05) is 13.0 Å². The lowest BCUT2D eigenvalue weighted by atomic mass is 9.90. The minimum atomic E-state index is -4.02. The number of anilines is 2. The summed E-state index contributed by atoms with van der Waals surface area (Å²) < 4.78 is 34.2. The van der Waals surface area contributed by atoms with Crippen LogP contribution < -0.4 is 9.80 Å². The quantitative estimate of drug-likeness (QED) is 0.191. The van der Waals surface area contributed by atoms with Gasteiger partial charge in [-0.1, -0.05) is 48.0 Å². The number of esters is 2. The summed E-state index contributed by atoms with van der Waals surface area (Å²) in [5, 5.41) is 0. The number of aryl methyl sites for hydroxylation is 1. The number of ether oxygens (including phenoxy) is 1. The second kappa shape index (κ2) is 12.7. The maximum atomic E-state index is 13.0. The average molecular weight is 615 g/mol. The first kappa shape index (κ1) is 30.5. The van der Waals surface area contributed by atoms with Gasteiger partial charge in [-0.25, -0.2) is 14.6 Å². The van der Waals surface area contributed by atoms with Gasteiger partial charge in [0.1, 0.15) is 5.82 Å². The molecule has 0 aliphatic carbocycles. The van der Waals surface area contributed by atoms with Crippen LogP contribution in [0.2, 0.25) is 0 Å². The molecule has 0 unspecified atom stereocenters. The predicted octanol–water partition coefficient (Wildman–Crippen LogP) is 4.69. The zero-order chi connectivity index (χ0) is 31.4. The molecule has 6 rings (SSSR count). The Bertz CT molecular complexity index is 1800. The van der Waals surface area contributed by atoms with Crippen LogP contribution in [0.4, 0.5) is 11.8 Å². The summed E-state index contributed by atoms with van der Waals surface area (Å²) in [7, 11) is -2.40. The van der Waals surface area contributed by atoms with Crippen LogP contribution >= 0.6 is 0 Å². The predicted molar refractivity (Wildman–Crippen MR) is 163 cm³/mol. The number of nitrogens with zero attached hydrogens (tertiary/aromatic N) is 4. The van der Waals surface area contributed by atoms with Crippen molar-refractivity contribution in [3.8, 4) is 0 Å². The van der Waals surface area contributed by atoms with Gasteiger partial charge in [-0.3, -0.25) is 14.2 Å². The fourth-order valence-electron chi connectivity index (χ4n) is 5.04. The molecule has 12 heteroatoms. The van der Waals surface area contributed by atoms with Crippen molar-refractivity contribution >= 4 is 39.7 Å². The van der Waals surface area contributed by atoms with Gasteiger partial charge < -0.3 is 9.64 Å². The highest BCUT2D eigenvalue weighted by molar-refractivity contribution is 7.85. The van der Waals surface area contributed by atoms with Gasteiger partial charge in [-0.15, -0.1) is 0 Å². The Morgan fingerprint density at radius 1 is 0.932 bits per heavy atom. The molecule has 2 aliphatic heterocycles. The van der Waals surface area contributed by atoms with Crippen molar-refractivity contribution in [2.24, 2.45) is 0 Å². The molecule has 4 aromatic rings. The van der Waals surface area contributed by atoms with Gasteiger partial charge in [-0.05, 0) is 67.6 Å². The monoisotopic (exact) mass is 614 g/mol. The molecule has 0 saturated carbocycles. The number of carbonyl (C=O) groups excluding carboxylic acids is 3. The Morgan fingerprint density at radius 2 is 1.59 bits per heavy atom. The molecule has 3 heterocycles. The van der Waals surface area contributed by atoms with E-state index in [0.717, 1.165) is 31.5 Å². The lowest BCUT2D eigenvalue weighted by molar-refractivity contribution is 0.0443. The van der Waals surface area contributed by atoms with E-state index in [4.69, 9.17) is 4.55 Å². The van der Waals surface area contributed by atoms with Crippen molar-refractivity contribution in [3.05, 3.63) is 113 Å². The highest BCUT2D eigenvalue weighted by Crippen LogP contribution is 2.30. The third-order valence-corrected chi connectivity index (χ3v) is 8.40. The number of aromatic nitrogens is 2. The molecule has 1 fully saturated rings. The molecule has 226 valence electrons. The molecule has 3 aromatic carbocycles. The van der Waals surface area contributed by atoms with Crippen molar-refractivity contribution in [1.29, 1.82) is 0 Å². The molecule has 0 atom stereocenters. The Morgan fingerprint density at radius 3 is 2.25 bits per heavy atom. The Kier molecular flexibility index (Phi) is 8.83. The standard InChI is InChI=1S/C25H22N4O4.C7H8O3S/c1-28(22(30)18-7-8-19-20(15-18)24(32)33-23(19)31)21-9-12-26-25(27-21)29-13-10-17(11-14-29)16-5-3-2-4-6-16;1-6-2-4-7(5-3-6)11(8,9)10/h2-9,12,15,17H,10-11,13-14H2,1H3;2-5H,1H3,(H,8,9,10). The minimum Gasteiger partial charge on any atom is -0.386 e. The van der Waals surface area contributed by atoms with Crippen LogP contribution in [0.3, 0.4) is 0 Å². The van der Waals surface area contributed by atoms with E-state index >= 15 is 0 Å². The molecular weight excluding hydrogens is 584 g/mol. The van der Waals surface area contributed by atoms with E-state index in [0.29, 0.717) is 17.7 Å². The first-order valence-corrected chi connectivity index (χ1v) is 15.3. The minimum absolute atomic E-state index is 0.0666. The summed E-state index contributed by atoms with van der Waals surface area (Å²) in [6.07, 6.45) is 3.66. The summed E-state index contributed by atoms with van der Waals surface area (Å²) >= 11 is 0. The van der Waals surface area contributed by atoms with Gasteiger partial charge >= 0.3 is 11.9 Å². The van der Waals surface area contributed by atoms with E-state index in [-0.39, 0.29) is 27.5 Å². The fourth-order valence-corrected chi connectivity index (χ4v) is 5.52. The number of cyclic esters (lactones) is 2. The van der Waals surface area contributed by atoms with Gasteiger partial charge in [0.15, 0.2) is 0 Å². The zero-order valence-electron chi connectivity index (χ0n) is 24.1. The van der Waals surface area contributed by atoms with Crippen LogP contribution in [-0.2, 0) is 14.9 Å². The highest BCUT2D eigenvalue weighted by Gasteiger charge is 2.31. The van der Waals surface area contributed by atoms with Gasteiger partial charge in [0.2, 0.25) is 5.95 Å². The van der Waals surface area contributed by atoms with Crippen LogP contribution in [0.25, 0.3) is 0 Å². The number of hydrogen-bond acceptors (Lipinski definition) is 9. The summed E-state index contributed by atoms with van der Waals surface area (Å²) in [4.78, 5) is 49.0. The number of hydrogen-bond donors (Lipinski definition) is 1. The van der Waals surface area contributed by atoms with Crippen molar-refractivity contribution < 1.29 is 32.1 Å². The maximum Gasteiger partial charge on any atom is 0.346 e. The molecule has 1 aromatic heterocycles. The van der Waals surface area contributed by atoms with Crippen molar-refractivity contribution in [2.75, 3.05) is 29.9 Å². The van der Waals surface area contributed by atoms with Gasteiger partial charge in [0.25, 0.3) is 16.0 Å². The first-order valence-electron chi connectivity index (χ1n) is 13.9. The second-order valence-electron chi connectivity index (χ2n) is 10.5. The van der Waals surface area contributed by atoms with Gasteiger partial charge in [0, 0.05) is 31.9 Å². The summed E-state index contributed by atoms with van der Waals surface area (Å²) in [6.45, 7) is 3.51. The van der Waals surface area contributed by atoms with Gasteiger partial charge in [-0.2, -0.15) is 13.4 Å². The molecule has 2 aliphatic rings. The number of benzene rings is 3. The number of rotatable bonds is 5. The van der Waals surface area contributed by atoms with E-state index in [1.165, 1.54) is 40.8 Å². The van der Waals surface area contributed by atoms with Crippen LogP contribution in [0.15, 0.2) is 90.0 Å². The molecule has 11 nitrogen and oxygen atoms in total. The van der Waals surface area contributed by atoms with Crippen LogP contribution in [0.5, 0.6) is 0 Å². The number of carbonyl (C=O) groups is 3. The number of amides is 1. The maximum absolute atomic E-state index is 13.0. The Labute approximate surface area is 254 Å². The lowest BCUT2D eigenvalue weighted by Crippen LogP contribution is -2.35. The van der Waals surface area contributed by atoms with Crippen LogP contribution in [0.1, 0.15) is 61.0 Å². The molecular formula is C32H30N4O7S. The lowest BCUT2D eigenvalue weighted by Gasteiger charge is -2.32. The van der Waals surface area contributed by atoms with Crippen molar-refractivity contribution in [2.45, 2.75) is 30.6 Å². The smallest absolute Gasteiger partial charge is 0.346 e. The van der Waals surface area contributed by atoms with Crippen LogP contribution in [-0.4, -0.2) is 60.9 Å². The third kappa shape index (κ3) is 6.82. The number of fused-ring (bicyclic) bond motifs is 1. The molecule has 1 N–H and O–H groups in total. The summed E-state index contributed by atoms with van der Waals surface area (Å²) in [6, 6.07) is 22.5. The summed E-state index contributed by atoms with van der Waals surface area (Å²) in [5.41, 5.74) is 2.85. The SMILES string of the molecule is CN(C(=O)c1ccc2c(c1)C(=O)OC2=O)c1ccnc(N2CCC(c3ccccc3)CC2)n1.Cc1ccc(S(=O)(=O)O)cc1. The van der Waals surface area contributed by atoms with E-state index in [9.17, 15) is 22.8 Å². The largest absolute Gasteiger partial charge is 0.386 e. The second-order valence-corrected chi connectivity index (χ2v) is 11.9. The van der Waals surface area contributed by atoms with Crippen LogP contribution in [0, 0.1) is 6.92 Å². The third-order valence-electron chi connectivity index (χ3n) is 7.54. The average Bonchev–Trinajstić information content (AvgIpc) is 3.33. The molecule has 1 saturated heterocycles. The zero-order valence-corrected chi connectivity index (χ0v) is 24.9. The fraction of sp³-hybridized carbons (Fsp3) is 0.219. The van der Waals surface area contributed by atoms with Crippen molar-refractivity contribution in [1.82, 2.24) is 9.97 Å². The van der Waals surface area contributed by atoms with E-state index in [1.54, 1.807) is 31.4 Å². The molecule has 44 heavy (non-hydrogen) atoms. The molecule has 0 radical (unpaired) electrons. The number of piperidine rings is 1. The Balaban J connectivity index is 0.000000296. The van der Waals surface area contributed by atoms with E-state index in [2.05, 4.69) is 43.9 Å². The molecule has 0 spiro atoms. The molecule has 0 bridgehead atoms. The Hall–Kier alpha value is -4.94. The topological polar surface area (TPSA) is 147 Å². The van der Waals surface area contributed by atoms with Crippen molar-refractivity contribution in [3.63, 3.8) is 0 Å². The molecule has 1 amide bonds. The van der Waals surface area contributed by atoms with Gasteiger partial charge in [0.05, 0.1) is 16.0 Å². The normalized spacial score (nSPS) is 14.8. The van der Waals surface area contributed by atoms with E-state index < -0.39 is 22.1 Å².